The lowest BCUT2D eigenvalue weighted by Gasteiger charge is -2.10. The van der Waals surface area contributed by atoms with E-state index >= 15 is 0 Å². The first-order valence-electron chi connectivity index (χ1n) is 3.24. The monoisotopic (exact) mass is 200 g/mol. The average Bonchev–Trinajstić information content (AvgIpc) is 1.95. The fraction of sp³-hybridized carbons (Fsp3) is 0.375. The molecule has 54 valence electrons. The van der Waals surface area contributed by atoms with Crippen molar-refractivity contribution >= 4 is 22.2 Å². The second kappa shape index (κ2) is 3.15. The highest BCUT2D eigenvalue weighted by Crippen LogP contribution is 2.25. The van der Waals surface area contributed by atoms with Gasteiger partial charge < -0.3 is 4.79 Å². The van der Waals surface area contributed by atoms with E-state index in [4.69, 9.17) is 0 Å². The van der Waals surface area contributed by atoms with E-state index in [1.807, 2.05) is 19.1 Å². The molecule has 0 N–H and O–H groups in total. The van der Waals surface area contributed by atoms with Gasteiger partial charge in [-0.25, -0.2) is 0 Å². The smallest absolute Gasteiger partial charge is 0.127 e. The molecule has 0 saturated heterocycles. The van der Waals surface area contributed by atoms with Crippen LogP contribution < -0.4 is 0 Å². The zero-order valence-corrected chi connectivity index (χ0v) is 7.39. The van der Waals surface area contributed by atoms with E-state index in [1.54, 1.807) is 0 Å². The number of carbonyl (C=O) groups excluding carboxylic acids is 1. The Morgan fingerprint density at radius 3 is 3.00 bits per heavy atom. The standard InChI is InChI=1S/C8H9BrO/c1-6-4-7(5-10)2-3-8(6)9/h3-5,7H,2H2,1H3. The van der Waals surface area contributed by atoms with Crippen molar-refractivity contribution in [3.8, 4) is 0 Å². The minimum Gasteiger partial charge on any atom is -0.303 e. The number of hydrogen-bond donors (Lipinski definition) is 0. The van der Waals surface area contributed by atoms with Crippen molar-refractivity contribution in [2.24, 2.45) is 5.92 Å². The molecule has 0 aromatic heterocycles. The second-order valence-corrected chi connectivity index (χ2v) is 3.29. The first-order valence-corrected chi connectivity index (χ1v) is 4.03. The molecule has 10 heavy (non-hydrogen) atoms. The van der Waals surface area contributed by atoms with E-state index in [2.05, 4.69) is 15.9 Å². The van der Waals surface area contributed by atoms with Gasteiger partial charge in [-0.3, -0.25) is 0 Å². The lowest BCUT2D eigenvalue weighted by Crippen LogP contribution is -2.01. The summed E-state index contributed by atoms with van der Waals surface area (Å²) in [5.74, 6) is 0.0984. The molecule has 1 aliphatic carbocycles. The summed E-state index contributed by atoms with van der Waals surface area (Å²) < 4.78 is 1.12. The average molecular weight is 201 g/mol. The molecule has 1 unspecified atom stereocenters. The van der Waals surface area contributed by atoms with Crippen LogP contribution in [0.3, 0.4) is 0 Å². The van der Waals surface area contributed by atoms with Crippen molar-refractivity contribution < 1.29 is 4.79 Å². The first-order chi connectivity index (χ1) is 4.74. The maximum atomic E-state index is 10.3. The highest BCUT2D eigenvalue weighted by Gasteiger charge is 2.09. The minimum atomic E-state index is 0.0984. The van der Waals surface area contributed by atoms with E-state index in [1.165, 1.54) is 0 Å². The van der Waals surface area contributed by atoms with Crippen LogP contribution in [0.2, 0.25) is 0 Å². The maximum absolute atomic E-state index is 10.3. The summed E-state index contributed by atoms with van der Waals surface area (Å²) in [4.78, 5) is 10.3. The van der Waals surface area contributed by atoms with Gasteiger partial charge >= 0.3 is 0 Å². The van der Waals surface area contributed by atoms with Gasteiger partial charge in [0.05, 0.1) is 0 Å². The quantitative estimate of drug-likeness (QED) is 0.595. The molecule has 0 aliphatic heterocycles. The number of allylic oxidation sites excluding steroid dienone is 4. The molecule has 0 aromatic rings. The summed E-state index contributed by atoms with van der Waals surface area (Å²) in [6.45, 7) is 2.00. The van der Waals surface area contributed by atoms with Crippen LogP contribution >= 0.6 is 15.9 Å². The Morgan fingerprint density at radius 1 is 1.80 bits per heavy atom. The van der Waals surface area contributed by atoms with Gasteiger partial charge in [0.2, 0.25) is 0 Å². The molecule has 0 saturated carbocycles. The summed E-state index contributed by atoms with van der Waals surface area (Å²) >= 11 is 3.39. The van der Waals surface area contributed by atoms with Crippen LogP contribution in [0.5, 0.6) is 0 Å². The molecule has 0 amide bonds. The fourth-order valence-electron chi connectivity index (χ4n) is 0.964. The number of halogens is 1. The second-order valence-electron chi connectivity index (χ2n) is 2.44. The van der Waals surface area contributed by atoms with Crippen molar-refractivity contribution in [2.45, 2.75) is 13.3 Å². The summed E-state index contributed by atoms with van der Waals surface area (Å²) in [5.41, 5.74) is 1.16. The lowest BCUT2D eigenvalue weighted by molar-refractivity contribution is -0.109. The molecule has 0 heterocycles. The van der Waals surface area contributed by atoms with Crippen molar-refractivity contribution in [3.05, 3.63) is 22.2 Å². The molecule has 2 heteroatoms. The number of hydrogen-bond acceptors (Lipinski definition) is 1. The lowest BCUT2D eigenvalue weighted by atomic mass is 9.99. The van der Waals surface area contributed by atoms with Crippen LogP contribution in [-0.4, -0.2) is 6.29 Å². The van der Waals surface area contributed by atoms with Crippen LogP contribution in [0.1, 0.15) is 13.3 Å². The molecular weight excluding hydrogens is 192 g/mol. The zero-order valence-electron chi connectivity index (χ0n) is 5.80. The molecule has 0 fully saturated rings. The molecule has 1 atom stereocenters. The van der Waals surface area contributed by atoms with E-state index in [9.17, 15) is 4.79 Å². The zero-order chi connectivity index (χ0) is 7.56. The predicted molar refractivity (Wildman–Crippen MR) is 44.9 cm³/mol. The van der Waals surface area contributed by atoms with Crippen molar-refractivity contribution in [3.63, 3.8) is 0 Å². The molecule has 1 rings (SSSR count). The van der Waals surface area contributed by atoms with Crippen LogP contribution in [0.25, 0.3) is 0 Å². The fourth-order valence-corrected chi connectivity index (χ4v) is 1.28. The molecule has 0 spiro atoms. The van der Waals surface area contributed by atoms with Crippen LogP contribution in [0.4, 0.5) is 0 Å². The highest BCUT2D eigenvalue weighted by molar-refractivity contribution is 9.12. The largest absolute Gasteiger partial charge is 0.303 e. The van der Waals surface area contributed by atoms with Crippen LogP contribution in [0, 0.1) is 5.92 Å². The van der Waals surface area contributed by atoms with Crippen LogP contribution in [-0.2, 0) is 4.79 Å². The Bertz CT molecular complexity index is 203. The molecule has 1 nitrogen and oxygen atoms in total. The Labute approximate surface area is 68.9 Å². The van der Waals surface area contributed by atoms with Crippen LogP contribution in [0.15, 0.2) is 22.2 Å². The van der Waals surface area contributed by atoms with Gasteiger partial charge in [-0.05, 0) is 18.9 Å². The minimum absolute atomic E-state index is 0.0984. The Hall–Kier alpha value is -0.370. The highest BCUT2D eigenvalue weighted by atomic mass is 79.9. The molecule has 0 radical (unpaired) electrons. The Balaban J connectivity index is 2.75. The molecular formula is C8H9BrO. The SMILES string of the molecule is CC1=CC(C=O)CC=C1Br. The van der Waals surface area contributed by atoms with Gasteiger partial charge in [-0.1, -0.05) is 28.1 Å². The Kier molecular flexibility index (Phi) is 2.44. The Morgan fingerprint density at radius 2 is 2.50 bits per heavy atom. The molecule has 0 bridgehead atoms. The van der Waals surface area contributed by atoms with Gasteiger partial charge in [0.15, 0.2) is 0 Å². The van der Waals surface area contributed by atoms with Crippen molar-refractivity contribution in [1.82, 2.24) is 0 Å². The maximum Gasteiger partial charge on any atom is 0.127 e. The normalized spacial score (nSPS) is 25.2. The van der Waals surface area contributed by atoms with Gasteiger partial charge in [-0.15, -0.1) is 0 Å². The predicted octanol–water partition coefficient (Wildman–Crippen LogP) is 2.43. The van der Waals surface area contributed by atoms with E-state index in [0.717, 1.165) is 22.8 Å². The first kappa shape index (κ1) is 7.73. The summed E-state index contributed by atoms with van der Waals surface area (Å²) in [6.07, 6.45) is 5.84. The van der Waals surface area contributed by atoms with E-state index in [-0.39, 0.29) is 5.92 Å². The van der Waals surface area contributed by atoms with Gasteiger partial charge in [0.1, 0.15) is 6.29 Å². The van der Waals surface area contributed by atoms with E-state index < -0.39 is 0 Å². The third-order valence-electron chi connectivity index (χ3n) is 1.58. The molecule has 1 aliphatic rings. The molecule has 0 aromatic carbocycles. The van der Waals surface area contributed by atoms with Crippen molar-refractivity contribution in [1.29, 1.82) is 0 Å². The summed E-state index contributed by atoms with van der Waals surface area (Å²) in [7, 11) is 0. The third-order valence-corrected chi connectivity index (χ3v) is 2.53. The van der Waals surface area contributed by atoms with E-state index in [0.29, 0.717) is 0 Å². The number of aldehydes is 1. The number of rotatable bonds is 1. The summed E-state index contributed by atoms with van der Waals surface area (Å²) in [6, 6.07) is 0. The van der Waals surface area contributed by atoms with Gasteiger partial charge in [0, 0.05) is 10.4 Å². The van der Waals surface area contributed by atoms with Gasteiger partial charge in [0.25, 0.3) is 0 Å². The number of carbonyl (C=O) groups is 1. The topological polar surface area (TPSA) is 17.1 Å². The van der Waals surface area contributed by atoms with Gasteiger partial charge in [-0.2, -0.15) is 0 Å². The summed E-state index contributed by atoms with van der Waals surface area (Å²) in [5, 5.41) is 0. The van der Waals surface area contributed by atoms with Crippen molar-refractivity contribution in [2.75, 3.05) is 0 Å². The third kappa shape index (κ3) is 1.57.